The number of nitrogens with two attached hydrogens (primary N) is 2. The zero-order valence-corrected chi connectivity index (χ0v) is 23.0. The van der Waals surface area contributed by atoms with Crippen molar-refractivity contribution in [3.63, 3.8) is 0 Å². The number of carbonyl (C=O) groups excluding carboxylic acids is 4. The number of para-hydroxylation sites is 1. The number of thioether (sulfide) groups is 1. The molecule has 0 aromatic heterocycles. The molecule has 0 spiro atoms. The molecule has 2 unspecified atom stereocenters. The molecule has 1 aliphatic heterocycles. The van der Waals surface area contributed by atoms with Crippen molar-refractivity contribution < 1.29 is 19.2 Å². The van der Waals surface area contributed by atoms with Crippen LogP contribution < -0.4 is 21.7 Å². The minimum atomic E-state index is -1.32. The summed E-state index contributed by atoms with van der Waals surface area (Å²) in [5.74, 6) is -1.74. The predicted molar refractivity (Wildman–Crippen MR) is 153 cm³/mol. The number of hydrogen-bond acceptors (Lipinski definition) is 9. The molecule has 10 nitrogen and oxygen atoms in total. The lowest BCUT2D eigenvalue weighted by Gasteiger charge is -2.30. The molecule has 0 radical (unpaired) electrons. The molecular weight excluding hydrogens is 524 g/mol. The van der Waals surface area contributed by atoms with Gasteiger partial charge in [0.25, 0.3) is 5.91 Å². The molecule has 4 amide bonds. The van der Waals surface area contributed by atoms with Crippen molar-refractivity contribution in [1.82, 2.24) is 10.2 Å². The second-order valence-corrected chi connectivity index (χ2v) is 10.0. The minimum Gasteiger partial charge on any atom is -0.320 e. The molecule has 1 heterocycles. The van der Waals surface area contributed by atoms with Crippen molar-refractivity contribution in [3.8, 4) is 0 Å². The summed E-state index contributed by atoms with van der Waals surface area (Å²) in [6.07, 6.45) is 0.981. The highest BCUT2D eigenvalue weighted by atomic mass is 32.2. The van der Waals surface area contributed by atoms with E-state index >= 15 is 0 Å². The van der Waals surface area contributed by atoms with Gasteiger partial charge in [-0.1, -0.05) is 48.5 Å². The number of benzene rings is 2. The van der Waals surface area contributed by atoms with Crippen molar-refractivity contribution >= 4 is 59.4 Å². The van der Waals surface area contributed by atoms with E-state index in [2.05, 4.69) is 17.9 Å². The first-order valence-corrected chi connectivity index (χ1v) is 14.0. The Balaban J connectivity index is 2.03. The highest BCUT2D eigenvalue weighted by molar-refractivity contribution is 7.98. The average Bonchev–Trinajstić information content (AvgIpc) is 3.05. The number of amides is 4. The Bertz CT molecular complexity index is 1210. The van der Waals surface area contributed by atoms with E-state index in [0.717, 1.165) is 10.5 Å². The number of thiol groups is 1. The highest BCUT2D eigenvalue weighted by Crippen LogP contribution is 2.29. The summed E-state index contributed by atoms with van der Waals surface area (Å²) >= 11 is 5.65. The van der Waals surface area contributed by atoms with Gasteiger partial charge in [-0.15, -0.1) is 0 Å². The maximum atomic E-state index is 13.9. The maximum Gasteiger partial charge on any atom is 0.272 e. The first-order chi connectivity index (χ1) is 18.2. The van der Waals surface area contributed by atoms with Crippen LogP contribution in [0.25, 0.3) is 0 Å². The molecule has 3 atom stereocenters. The third kappa shape index (κ3) is 6.81. The van der Waals surface area contributed by atoms with Gasteiger partial charge in [0.2, 0.25) is 23.9 Å². The zero-order chi connectivity index (χ0) is 27.8. The predicted octanol–water partition coefficient (Wildman–Crippen LogP) is 0.635. The molecule has 0 bridgehead atoms. The normalized spacial score (nSPS) is 16.6. The fourth-order valence-corrected chi connectivity index (χ4v) is 4.55. The standard InChI is InChI=1S/C26H32N6O4S2/c1-31(25(35)19(28)15-37)23-26(36)32(14-21(33)29-24(34)18(27)12-13-38-2)20-11-7-6-10-17(20)22(30-23)16-8-4-3-5-9-16/h3-11,18-19,23,37H,12-15,27-28H2,1-2H3,(H,29,33,34)/t18-,19?,23?/m0/s1. The van der Waals surface area contributed by atoms with Gasteiger partial charge < -0.3 is 16.4 Å². The zero-order valence-electron chi connectivity index (χ0n) is 21.2. The van der Waals surface area contributed by atoms with Gasteiger partial charge in [-0.25, -0.2) is 4.99 Å². The molecule has 202 valence electrons. The van der Waals surface area contributed by atoms with Crippen LogP contribution in [0.15, 0.2) is 59.6 Å². The smallest absolute Gasteiger partial charge is 0.272 e. The fraction of sp³-hybridized carbons (Fsp3) is 0.346. The van der Waals surface area contributed by atoms with Gasteiger partial charge in [0, 0.05) is 23.9 Å². The summed E-state index contributed by atoms with van der Waals surface area (Å²) in [7, 11) is 1.43. The Morgan fingerprint density at radius 1 is 1.11 bits per heavy atom. The molecule has 2 aromatic carbocycles. The lowest BCUT2D eigenvalue weighted by molar-refractivity contribution is -0.138. The lowest BCUT2D eigenvalue weighted by Crippen LogP contribution is -2.55. The average molecular weight is 557 g/mol. The second-order valence-electron chi connectivity index (χ2n) is 8.70. The highest BCUT2D eigenvalue weighted by Gasteiger charge is 2.38. The van der Waals surface area contributed by atoms with E-state index in [0.29, 0.717) is 29.1 Å². The number of hydrogen-bond donors (Lipinski definition) is 4. The van der Waals surface area contributed by atoms with Crippen LogP contribution in [0.5, 0.6) is 0 Å². The molecule has 0 saturated carbocycles. The first-order valence-electron chi connectivity index (χ1n) is 11.9. The van der Waals surface area contributed by atoms with E-state index in [1.54, 1.807) is 36.0 Å². The number of benzodiazepines with no additional fused rings is 1. The van der Waals surface area contributed by atoms with E-state index in [1.165, 1.54) is 11.9 Å². The van der Waals surface area contributed by atoms with Gasteiger partial charge in [-0.3, -0.25) is 29.4 Å². The summed E-state index contributed by atoms with van der Waals surface area (Å²) in [5.41, 5.74) is 14.0. The number of anilines is 1. The van der Waals surface area contributed by atoms with E-state index in [9.17, 15) is 19.2 Å². The van der Waals surface area contributed by atoms with E-state index in [1.807, 2.05) is 36.6 Å². The number of nitrogens with zero attached hydrogens (tertiary/aromatic N) is 3. The van der Waals surface area contributed by atoms with E-state index in [4.69, 9.17) is 16.5 Å². The van der Waals surface area contributed by atoms with E-state index < -0.39 is 48.4 Å². The Morgan fingerprint density at radius 2 is 1.76 bits per heavy atom. The topological polar surface area (TPSA) is 151 Å². The largest absolute Gasteiger partial charge is 0.320 e. The van der Waals surface area contributed by atoms with Crippen molar-refractivity contribution in [3.05, 3.63) is 65.7 Å². The van der Waals surface area contributed by atoms with Crippen LogP contribution in [0.3, 0.4) is 0 Å². The number of imide groups is 1. The fourth-order valence-electron chi connectivity index (χ4n) is 3.91. The minimum absolute atomic E-state index is 0.0740. The monoisotopic (exact) mass is 556 g/mol. The van der Waals surface area contributed by atoms with Gasteiger partial charge in [0.1, 0.15) is 6.54 Å². The SMILES string of the molecule is CSCC[C@H](N)C(=O)NC(=O)CN1C(=O)C(N(C)C(=O)C(N)CS)N=C(c2ccccc2)c2ccccc21. The molecule has 0 fully saturated rings. The van der Waals surface area contributed by atoms with Crippen LogP contribution in [0.4, 0.5) is 5.69 Å². The Morgan fingerprint density at radius 3 is 2.42 bits per heavy atom. The van der Waals surface area contributed by atoms with Gasteiger partial charge in [0.15, 0.2) is 0 Å². The number of nitrogens with one attached hydrogen (secondary N) is 1. The van der Waals surface area contributed by atoms with Crippen molar-refractivity contribution in [2.75, 3.05) is 36.3 Å². The second kappa shape index (κ2) is 13.6. The quantitative estimate of drug-likeness (QED) is 0.314. The van der Waals surface area contributed by atoms with Crippen molar-refractivity contribution in [2.45, 2.75) is 24.7 Å². The van der Waals surface area contributed by atoms with Crippen LogP contribution in [0, 0.1) is 0 Å². The number of likely N-dealkylation sites (N-methyl/N-ethyl adjacent to an activating group) is 1. The summed E-state index contributed by atoms with van der Waals surface area (Å²) in [5, 5.41) is 2.29. The number of aliphatic imine (C=N–C) groups is 1. The van der Waals surface area contributed by atoms with Crippen molar-refractivity contribution in [2.24, 2.45) is 16.5 Å². The molecule has 38 heavy (non-hydrogen) atoms. The first kappa shape index (κ1) is 29.4. The number of fused-ring (bicyclic) bond motifs is 1. The molecule has 5 N–H and O–H groups in total. The lowest BCUT2D eigenvalue weighted by atomic mass is 10.0. The van der Waals surface area contributed by atoms with Gasteiger partial charge in [0.05, 0.1) is 23.5 Å². The molecule has 3 rings (SSSR count). The molecule has 0 saturated heterocycles. The maximum absolute atomic E-state index is 13.9. The van der Waals surface area contributed by atoms with Crippen LogP contribution in [-0.4, -0.2) is 83.8 Å². The summed E-state index contributed by atoms with van der Waals surface area (Å²) < 4.78 is 0. The number of carbonyl (C=O) groups is 4. The van der Waals surface area contributed by atoms with Crippen molar-refractivity contribution in [1.29, 1.82) is 0 Å². The Labute approximate surface area is 231 Å². The van der Waals surface area contributed by atoms with Crippen LogP contribution in [0.2, 0.25) is 0 Å². The van der Waals surface area contributed by atoms with Gasteiger partial charge in [-0.2, -0.15) is 24.4 Å². The third-order valence-corrected chi connectivity index (χ3v) is 7.04. The molecule has 0 aliphatic carbocycles. The van der Waals surface area contributed by atoms with Crippen LogP contribution in [-0.2, 0) is 19.2 Å². The van der Waals surface area contributed by atoms with E-state index in [-0.39, 0.29) is 5.75 Å². The summed E-state index contributed by atoms with van der Waals surface area (Å²) in [4.78, 5) is 59.4. The van der Waals surface area contributed by atoms with Crippen LogP contribution in [0.1, 0.15) is 17.5 Å². The van der Waals surface area contributed by atoms with Gasteiger partial charge >= 0.3 is 0 Å². The summed E-state index contributed by atoms with van der Waals surface area (Å²) in [6.45, 7) is -0.481. The third-order valence-electron chi connectivity index (χ3n) is 6.00. The molecule has 1 aliphatic rings. The Kier molecular flexibility index (Phi) is 10.5. The van der Waals surface area contributed by atoms with Crippen LogP contribution >= 0.6 is 24.4 Å². The molecular formula is C26H32N6O4S2. The summed E-state index contributed by atoms with van der Waals surface area (Å²) in [6, 6.07) is 14.4. The number of rotatable bonds is 10. The molecule has 2 aromatic rings. The molecule has 12 heteroatoms. The Hall–Kier alpha value is -3.19. The van der Waals surface area contributed by atoms with Gasteiger partial charge in [-0.05, 0) is 24.5 Å².